The Kier molecular flexibility index (Phi) is 4.08. The Bertz CT molecular complexity index is 279. The molecule has 0 aromatic heterocycles. The average Bonchev–Trinajstić information content (AvgIpc) is 3.04. The first-order valence-corrected chi connectivity index (χ1v) is 7.15. The fourth-order valence-electron chi connectivity index (χ4n) is 2.88. The van der Waals surface area contributed by atoms with Crippen molar-refractivity contribution in [1.82, 2.24) is 10.2 Å². The van der Waals surface area contributed by atoms with Crippen LogP contribution in [0.15, 0.2) is 0 Å². The summed E-state index contributed by atoms with van der Waals surface area (Å²) in [5, 5.41) is 3.60. The maximum absolute atomic E-state index is 12.1. The molecule has 98 valence electrons. The third-order valence-electron chi connectivity index (χ3n) is 4.30. The molecule has 3 heteroatoms. The Balaban J connectivity index is 1.80. The Labute approximate surface area is 105 Å². The van der Waals surface area contributed by atoms with Gasteiger partial charge >= 0.3 is 0 Å². The lowest BCUT2D eigenvalue weighted by Gasteiger charge is -2.37. The van der Waals surface area contributed by atoms with Gasteiger partial charge in [0.1, 0.15) is 0 Å². The van der Waals surface area contributed by atoms with E-state index in [1.165, 1.54) is 6.42 Å². The molecule has 2 rings (SSSR count). The van der Waals surface area contributed by atoms with Crippen LogP contribution in [-0.2, 0) is 4.79 Å². The molecule has 1 saturated carbocycles. The summed E-state index contributed by atoms with van der Waals surface area (Å²) in [6.45, 7) is 9.65. The van der Waals surface area contributed by atoms with Crippen molar-refractivity contribution in [3.05, 3.63) is 0 Å². The summed E-state index contributed by atoms with van der Waals surface area (Å²) in [4.78, 5) is 14.2. The third kappa shape index (κ3) is 3.01. The van der Waals surface area contributed by atoms with Crippen molar-refractivity contribution >= 4 is 5.91 Å². The van der Waals surface area contributed by atoms with Crippen molar-refractivity contribution in [2.75, 3.05) is 19.6 Å². The van der Waals surface area contributed by atoms with Crippen molar-refractivity contribution in [3.63, 3.8) is 0 Å². The standard InChI is InChI=1S/C14H26N2O/c1-4-6-15-13-5-7-16(9-11(13)3)14(17)12-8-10(12)2/h10-13,15H,4-9H2,1-3H3. The molecule has 1 heterocycles. The van der Waals surface area contributed by atoms with Crippen LogP contribution in [0.1, 0.15) is 40.0 Å². The summed E-state index contributed by atoms with van der Waals surface area (Å²) < 4.78 is 0. The van der Waals surface area contributed by atoms with E-state index < -0.39 is 0 Å². The van der Waals surface area contributed by atoms with Gasteiger partial charge in [0.15, 0.2) is 0 Å². The lowest BCUT2D eigenvalue weighted by Crippen LogP contribution is -2.50. The largest absolute Gasteiger partial charge is 0.342 e. The molecule has 1 aliphatic heterocycles. The van der Waals surface area contributed by atoms with Gasteiger partial charge in [0.2, 0.25) is 5.91 Å². The number of carbonyl (C=O) groups excluding carboxylic acids is 1. The molecule has 1 amide bonds. The van der Waals surface area contributed by atoms with E-state index in [-0.39, 0.29) is 0 Å². The summed E-state index contributed by atoms with van der Waals surface area (Å²) in [6, 6.07) is 0.607. The summed E-state index contributed by atoms with van der Waals surface area (Å²) in [7, 11) is 0. The maximum Gasteiger partial charge on any atom is 0.225 e. The summed E-state index contributed by atoms with van der Waals surface area (Å²) in [6.07, 6.45) is 3.42. The number of hydrogen-bond donors (Lipinski definition) is 1. The first kappa shape index (κ1) is 12.9. The topological polar surface area (TPSA) is 32.3 Å². The third-order valence-corrected chi connectivity index (χ3v) is 4.30. The van der Waals surface area contributed by atoms with E-state index in [4.69, 9.17) is 0 Å². The SMILES string of the molecule is CCCNC1CCN(C(=O)C2CC2C)CC1C. The first-order chi connectivity index (χ1) is 8.13. The van der Waals surface area contributed by atoms with E-state index in [2.05, 4.69) is 31.0 Å². The van der Waals surface area contributed by atoms with Crippen LogP contribution in [0.3, 0.4) is 0 Å². The Morgan fingerprint density at radius 3 is 2.59 bits per heavy atom. The highest BCUT2D eigenvalue weighted by Crippen LogP contribution is 2.39. The molecule has 0 spiro atoms. The van der Waals surface area contributed by atoms with Crippen molar-refractivity contribution in [2.45, 2.75) is 46.1 Å². The summed E-state index contributed by atoms with van der Waals surface area (Å²) in [5.74, 6) is 1.99. The second-order valence-electron chi connectivity index (χ2n) is 5.93. The van der Waals surface area contributed by atoms with Gasteiger partial charge in [-0.25, -0.2) is 0 Å². The molecule has 4 unspecified atom stereocenters. The van der Waals surface area contributed by atoms with Gasteiger partial charge in [-0.2, -0.15) is 0 Å². The monoisotopic (exact) mass is 238 g/mol. The van der Waals surface area contributed by atoms with Gasteiger partial charge in [0, 0.05) is 25.0 Å². The quantitative estimate of drug-likeness (QED) is 0.811. The van der Waals surface area contributed by atoms with Crippen LogP contribution in [0.2, 0.25) is 0 Å². The van der Waals surface area contributed by atoms with Crippen LogP contribution in [-0.4, -0.2) is 36.5 Å². The van der Waals surface area contributed by atoms with Crippen molar-refractivity contribution in [3.8, 4) is 0 Å². The molecular weight excluding hydrogens is 212 g/mol. The van der Waals surface area contributed by atoms with Crippen molar-refractivity contribution < 1.29 is 4.79 Å². The lowest BCUT2D eigenvalue weighted by molar-refractivity contribution is -0.134. The zero-order valence-electron chi connectivity index (χ0n) is 11.4. The fraction of sp³-hybridized carbons (Fsp3) is 0.929. The smallest absolute Gasteiger partial charge is 0.225 e. The van der Waals surface area contributed by atoms with Gasteiger partial charge in [-0.15, -0.1) is 0 Å². The minimum Gasteiger partial charge on any atom is -0.342 e. The van der Waals surface area contributed by atoms with Gasteiger partial charge < -0.3 is 10.2 Å². The minimum absolute atomic E-state index is 0.349. The summed E-state index contributed by atoms with van der Waals surface area (Å²) in [5.41, 5.74) is 0. The Morgan fingerprint density at radius 1 is 1.35 bits per heavy atom. The van der Waals surface area contributed by atoms with E-state index >= 15 is 0 Å². The molecule has 0 aromatic carbocycles. The number of rotatable bonds is 4. The Hall–Kier alpha value is -0.570. The van der Waals surface area contributed by atoms with E-state index in [1.54, 1.807) is 0 Å². The molecule has 3 nitrogen and oxygen atoms in total. The van der Waals surface area contributed by atoms with Crippen molar-refractivity contribution in [2.24, 2.45) is 17.8 Å². The molecule has 1 N–H and O–H groups in total. The summed E-state index contributed by atoms with van der Waals surface area (Å²) >= 11 is 0. The molecule has 4 atom stereocenters. The van der Waals surface area contributed by atoms with E-state index in [1.807, 2.05) is 0 Å². The highest BCUT2D eigenvalue weighted by atomic mass is 16.2. The van der Waals surface area contributed by atoms with E-state index in [0.717, 1.165) is 32.5 Å². The highest BCUT2D eigenvalue weighted by molar-refractivity contribution is 5.81. The van der Waals surface area contributed by atoms with Crippen LogP contribution in [0.25, 0.3) is 0 Å². The number of amides is 1. The molecular formula is C14H26N2O. The maximum atomic E-state index is 12.1. The minimum atomic E-state index is 0.349. The number of nitrogens with one attached hydrogen (secondary N) is 1. The first-order valence-electron chi connectivity index (χ1n) is 7.15. The zero-order chi connectivity index (χ0) is 12.4. The van der Waals surface area contributed by atoms with Crippen LogP contribution < -0.4 is 5.32 Å². The van der Waals surface area contributed by atoms with Crippen molar-refractivity contribution in [1.29, 1.82) is 0 Å². The predicted octanol–water partition coefficient (Wildman–Crippen LogP) is 1.88. The molecule has 0 radical (unpaired) electrons. The second kappa shape index (κ2) is 5.38. The Morgan fingerprint density at radius 2 is 2.06 bits per heavy atom. The van der Waals surface area contributed by atoms with Gasteiger partial charge in [-0.05, 0) is 37.6 Å². The van der Waals surface area contributed by atoms with E-state index in [9.17, 15) is 4.79 Å². The highest BCUT2D eigenvalue weighted by Gasteiger charge is 2.42. The van der Waals surface area contributed by atoms with Crippen LogP contribution in [0.4, 0.5) is 0 Å². The van der Waals surface area contributed by atoms with Gasteiger partial charge in [-0.1, -0.05) is 20.8 Å². The van der Waals surface area contributed by atoms with Crippen LogP contribution in [0.5, 0.6) is 0 Å². The number of nitrogens with zero attached hydrogens (tertiary/aromatic N) is 1. The fourth-order valence-corrected chi connectivity index (χ4v) is 2.88. The zero-order valence-corrected chi connectivity index (χ0v) is 11.4. The molecule has 17 heavy (non-hydrogen) atoms. The predicted molar refractivity (Wildman–Crippen MR) is 69.7 cm³/mol. The number of carbonyl (C=O) groups is 1. The van der Waals surface area contributed by atoms with Gasteiger partial charge in [0.05, 0.1) is 0 Å². The number of piperidine rings is 1. The number of likely N-dealkylation sites (tertiary alicyclic amines) is 1. The van der Waals surface area contributed by atoms with Gasteiger partial charge in [-0.3, -0.25) is 4.79 Å². The van der Waals surface area contributed by atoms with Crippen LogP contribution in [0, 0.1) is 17.8 Å². The number of hydrogen-bond acceptors (Lipinski definition) is 2. The average molecular weight is 238 g/mol. The molecule has 0 bridgehead atoms. The van der Waals surface area contributed by atoms with E-state index in [0.29, 0.717) is 29.7 Å². The second-order valence-corrected chi connectivity index (χ2v) is 5.93. The molecule has 2 aliphatic rings. The van der Waals surface area contributed by atoms with Crippen LogP contribution >= 0.6 is 0 Å². The normalized spacial score (nSPS) is 37.0. The van der Waals surface area contributed by atoms with Gasteiger partial charge in [0.25, 0.3) is 0 Å². The molecule has 2 fully saturated rings. The molecule has 1 saturated heterocycles. The molecule has 1 aliphatic carbocycles. The lowest BCUT2D eigenvalue weighted by atomic mass is 9.93. The molecule has 0 aromatic rings.